The maximum Gasteiger partial charge on any atom is 0.339 e. The third-order valence-corrected chi connectivity index (χ3v) is 4.55. The van der Waals surface area contributed by atoms with Crippen molar-refractivity contribution >= 4 is 11.9 Å². The molecule has 138 valence electrons. The zero-order valence-electron chi connectivity index (χ0n) is 14.6. The molecule has 0 saturated carbocycles. The number of carboxylic acids is 2. The standard InChI is InChI=1S/C20H22O6/c1-13-3-7-15(8-4-13)11-19(25,17(21)22)20(26,18(23)24)12-16-9-5-14(2)6-10-16/h3-10,25-26H,11-12H2,1-2H3,(H,21,22)(H,23,24). The molecular formula is C20H22O6. The third-order valence-electron chi connectivity index (χ3n) is 4.55. The minimum Gasteiger partial charge on any atom is -0.479 e. The van der Waals surface area contributed by atoms with Crippen molar-refractivity contribution in [2.75, 3.05) is 0 Å². The molecule has 0 spiro atoms. The Labute approximate surface area is 151 Å². The molecular weight excluding hydrogens is 336 g/mol. The van der Waals surface area contributed by atoms with Gasteiger partial charge < -0.3 is 20.4 Å². The molecule has 0 aromatic heterocycles. The van der Waals surface area contributed by atoms with E-state index in [0.29, 0.717) is 11.1 Å². The molecule has 2 aromatic carbocycles. The van der Waals surface area contributed by atoms with Gasteiger partial charge in [-0.05, 0) is 25.0 Å². The predicted octanol–water partition coefficient (Wildman–Crippen LogP) is 1.72. The van der Waals surface area contributed by atoms with Crippen LogP contribution >= 0.6 is 0 Å². The lowest BCUT2D eigenvalue weighted by Crippen LogP contribution is -2.66. The van der Waals surface area contributed by atoms with Crippen LogP contribution in [0.5, 0.6) is 0 Å². The summed E-state index contributed by atoms with van der Waals surface area (Å²) in [5.74, 6) is -3.59. The number of aliphatic hydroxyl groups is 2. The Morgan fingerprint density at radius 2 is 0.962 bits per heavy atom. The van der Waals surface area contributed by atoms with Gasteiger partial charge in [0.2, 0.25) is 11.2 Å². The number of hydrogen-bond acceptors (Lipinski definition) is 4. The fourth-order valence-corrected chi connectivity index (χ4v) is 2.80. The molecule has 2 aromatic rings. The number of benzene rings is 2. The van der Waals surface area contributed by atoms with Gasteiger partial charge in [0.1, 0.15) is 0 Å². The minimum atomic E-state index is -2.90. The average Bonchev–Trinajstić information content (AvgIpc) is 2.58. The maximum atomic E-state index is 11.8. The fraction of sp³-hybridized carbons (Fsp3) is 0.300. The summed E-state index contributed by atoms with van der Waals surface area (Å²) in [6, 6.07) is 13.3. The van der Waals surface area contributed by atoms with Crippen molar-refractivity contribution in [1.29, 1.82) is 0 Å². The van der Waals surface area contributed by atoms with Crippen LogP contribution in [0.4, 0.5) is 0 Å². The van der Waals surface area contributed by atoms with Gasteiger partial charge in [0.05, 0.1) is 0 Å². The van der Waals surface area contributed by atoms with Crippen LogP contribution in [0.2, 0.25) is 0 Å². The highest BCUT2D eigenvalue weighted by molar-refractivity contribution is 5.91. The van der Waals surface area contributed by atoms with E-state index in [2.05, 4.69) is 0 Å². The van der Waals surface area contributed by atoms with Crippen LogP contribution in [0.1, 0.15) is 22.3 Å². The van der Waals surface area contributed by atoms with Crippen molar-refractivity contribution < 1.29 is 30.0 Å². The molecule has 0 radical (unpaired) electrons. The number of rotatable bonds is 7. The van der Waals surface area contributed by atoms with E-state index in [4.69, 9.17) is 0 Å². The first kappa shape index (κ1) is 19.6. The summed E-state index contributed by atoms with van der Waals surface area (Å²) in [4.78, 5) is 23.6. The molecule has 0 fully saturated rings. The second-order valence-corrected chi connectivity index (χ2v) is 6.66. The number of carboxylic acid groups (broad SMARTS) is 2. The lowest BCUT2D eigenvalue weighted by molar-refractivity contribution is -0.206. The molecule has 2 rings (SSSR count). The molecule has 26 heavy (non-hydrogen) atoms. The van der Waals surface area contributed by atoms with E-state index in [1.807, 2.05) is 13.8 Å². The summed E-state index contributed by atoms with van der Waals surface area (Å²) in [5, 5.41) is 40.7. The second-order valence-electron chi connectivity index (χ2n) is 6.66. The normalized spacial score (nSPS) is 15.7. The number of hydrogen-bond donors (Lipinski definition) is 4. The van der Waals surface area contributed by atoms with Gasteiger partial charge in [0.25, 0.3) is 0 Å². The molecule has 0 amide bonds. The van der Waals surface area contributed by atoms with Crippen LogP contribution < -0.4 is 0 Å². The van der Waals surface area contributed by atoms with Crippen molar-refractivity contribution in [3.63, 3.8) is 0 Å². The van der Waals surface area contributed by atoms with Gasteiger partial charge in [-0.1, -0.05) is 59.7 Å². The van der Waals surface area contributed by atoms with Crippen molar-refractivity contribution in [2.45, 2.75) is 37.9 Å². The van der Waals surface area contributed by atoms with Crippen molar-refractivity contribution in [3.05, 3.63) is 70.8 Å². The predicted molar refractivity (Wildman–Crippen MR) is 94.9 cm³/mol. The Kier molecular flexibility index (Phi) is 5.49. The smallest absolute Gasteiger partial charge is 0.339 e. The van der Waals surface area contributed by atoms with E-state index in [9.17, 15) is 30.0 Å². The van der Waals surface area contributed by atoms with Gasteiger partial charge in [0, 0.05) is 12.8 Å². The molecule has 0 bridgehead atoms. The highest BCUT2D eigenvalue weighted by atomic mass is 16.5. The van der Waals surface area contributed by atoms with Gasteiger partial charge in [-0.15, -0.1) is 0 Å². The highest BCUT2D eigenvalue weighted by Gasteiger charge is 2.60. The molecule has 0 saturated heterocycles. The molecule has 2 unspecified atom stereocenters. The van der Waals surface area contributed by atoms with Gasteiger partial charge >= 0.3 is 11.9 Å². The van der Waals surface area contributed by atoms with Crippen molar-refractivity contribution in [2.24, 2.45) is 0 Å². The maximum absolute atomic E-state index is 11.8. The first-order valence-electron chi connectivity index (χ1n) is 8.11. The van der Waals surface area contributed by atoms with Gasteiger partial charge in [-0.3, -0.25) is 0 Å². The quantitative estimate of drug-likeness (QED) is 0.599. The molecule has 6 heteroatoms. The minimum absolute atomic E-state index is 0.407. The van der Waals surface area contributed by atoms with Gasteiger partial charge in [-0.25, -0.2) is 9.59 Å². The number of carbonyl (C=O) groups is 2. The van der Waals surface area contributed by atoms with Gasteiger partial charge in [-0.2, -0.15) is 0 Å². The Morgan fingerprint density at radius 1 is 0.692 bits per heavy atom. The van der Waals surface area contributed by atoms with Crippen molar-refractivity contribution in [3.8, 4) is 0 Å². The number of aliphatic carboxylic acids is 2. The third kappa shape index (κ3) is 3.76. The van der Waals surface area contributed by atoms with Crippen LogP contribution in [0.15, 0.2) is 48.5 Å². The summed E-state index contributed by atoms with van der Waals surface area (Å²) in [5.41, 5.74) is -3.13. The highest BCUT2D eigenvalue weighted by Crippen LogP contribution is 2.31. The summed E-state index contributed by atoms with van der Waals surface area (Å²) < 4.78 is 0. The Balaban J connectivity index is 2.46. The summed E-state index contributed by atoms with van der Waals surface area (Å²) in [6.07, 6.45) is -1.09. The van der Waals surface area contributed by atoms with E-state index in [-0.39, 0.29) is 0 Å². The topological polar surface area (TPSA) is 115 Å². The van der Waals surface area contributed by atoms with E-state index in [1.54, 1.807) is 48.5 Å². The van der Waals surface area contributed by atoms with Gasteiger partial charge in [0.15, 0.2) is 0 Å². The lowest BCUT2D eigenvalue weighted by Gasteiger charge is -2.37. The van der Waals surface area contributed by atoms with Crippen LogP contribution in [0.25, 0.3) is 0 Å². The summed E-state index contributed by atoms with van der Waals surface area (Å²) in [7, 11) is 0. The van der Waals surface area contributed by atoms with E-state index < -0.39 is 36.0 Å². The monoisotopic (exact) mass is 358 g/mol. The lowest BCUT2D eigenvalue weighted by atomic mass is 9.74. The summed E-state index contributed by atoms with van der Waals surface area (Å²) in [6.45, 7) is 3.69. The molecule has 0 aliphatic heterocycles. The Hall–Kier alpha value is -2.70. The Morgan fingerprint density at radius 3 is 1.19 bits per heavy atom. The van der Waals surface area contributed by atoms with E-state index in [0.717, 1.165) is 11.1 Å². The Bertz CT molecular complexity index is 727. The molecule has 4 N–H and O–H groups in total. The van der Waals surface area contributed by atoms with Crippen LogP contribution in [0.3, 0.4) is 0 Å². The first-order chi connectivity index (χ1) is 12.1. The van der Waals surface area contributed by atoms with Crippen LogP contribution in [-0.4, -0.2) is 43.6 Å². The zero-order chi connectivity index (χ0) is 19.5. The van der Waals surface area contributed by atoms with Crippen LogP contribution in [-0.2, 0) is 22.4 Å². The van der Waals surface area contributed by atoms with Crippen molar-refractivity contribution in [1.82, 2.24) is 0 Å². The number of aryl methyl sites for hydroxylation is 2. The van der Waals surface area contributed by atoms with Crippen LogP contribution in [0, 0.1) is 13.8 Å². The van der Waals surface area contributed by atoms with E-state index >= 15 is 0 Å². The second kappa shape index (κ2) is 7.27. The summed E-state index contributed by atoms with van der Waals surface area (Å²) >= 11 is 0. The fourth-order valence-electron chi connectivity index (χ4n) is 2.80. The first-order valence-corrected chi connectivity index (χ1v) is 8.11. The SMILES string of the molecule is Cc1ccc(CC(O)(C(=O)O)C(O)(Cc2ccc(C)cc2)C(=O)O)cc1. The molecule has 6 nitrogen and oxygen atoms in total. The molecule has 2 atom stereocenters. The zero-order valence-corrected chi connectivity index (χ0v) is 14.6. The van der Waals surface area contributed by atoms with E-state index in [1.165, 1.54) is 0 Å². The molecule has 0 heterocycles. The molecule has 0 aliphatic rings. The average molecular weight is 358 g/mol. The largest absolute Gasteiger partial charge is 0.479 e. The molecule has 0 aliphatic carbocycles.